The molecule has 0 aromatic heterocycles. The Balaban J connectivity index is 1.61. The van der Waals surface area contributed by atoms with Crippen LogP contribution in [0.1, 0.15) is 38.1 Å². The number of carbonyl (C=O) groups is 1. The van der Waals surface area contributed by atoms with Gasteiger partial charge in [0, 0.05) is 6.54 Å². The Bertz CT molecular complexity index is 1100. The van der Waals surface area contributed by atoms with Crippen molar-refractivity contribution in [2.75, 3.05) is 13.7 Å². The minimum Gasteiger partial charge on any atom is -0.496 e. The second kappa shape index (κ2) is 9.55. The van der Waals surface area contributed by atoms with E-state index in [4.69, 9.17) is 18.9 Å². The highest BCUT2D eigenvalue weighted by Crippen LogP contribution is 2.45. The number of nitrogens with zero attached hydrogens (tertiary/aromatic N) is 1. The van der Waals surface area contributed by atoms with Crippen LogP contribution in [0.25, 0.3) is 0 Å². The second-order valence-corrected chi connectivity index (χ2v) is 8.28. The van der Waals surface area contributed by atoms with Crippen LogP contribution in [0.4, 0.5) is 0 Å². The maximum Gasteiger partial charge on any atom is 0.256 e. The minimum absolute atomic E-state index is 0.0922. The quantitative estimate of drug-likeness (QED) is 0.442. The van der Waals surface area contributed by atoms with Crippen molar-refractivity contribution in [3.8, 4) is 23.0 Å². The molecule has 1 unspecified atom stereocenters. The zero-order chi connectivity index (χ0) is 23.4. The van der Waals surface area contributed by atoms with Crippen LogP contribution in [0.5, 0.6) is 23.0 Å². The number of hydrogen-bond acceptors (Lipinski definition) is 5. The fraction of sp³-hybridized carbons (Fsp3) is 0.296. The molecule has 1 saturated heterocycles. The molecule has 6 heteroatoms. The topological polar surface area (TPSA) is 57.2 Å². The van der Waals surface area contributed by atoms with Gasteiger partial charge in [-0.25, -0.2) is 0 Å². The molecule has 1 amide bonds. The van der Waals surface area contributed by atoms with Crippen molar-refractivity contribution in [1.29, 1.82) is 0 Å². The van der Waals surface area contributed by atoms with Crippen LogP contribution in [0.2, 0.25) is 0 Å². The highest BCUT2D eigenvalue weighted by molar-refractivity contribution is 5.86. The Hall–Kier alpha value is -3.51. The number of hydrogen-bond donors (Lipinski definition) is 0. The Kier molecular flexibility index (Phi) is 6.56. The third kappa shape index (κ3) is 4.81. The van der Waals surface area contributed by atoms with Gasteiger partial charge in [-0.15, -0.1) is 0 Å². The molecule has 1 heterocycles. The molecule has 33 heavy (non-hydrogen) atoms. The van der Waals surface area contributed by atoms with Gasteiger partial charge in [0.15, 0.2) is 6.23 Å². The lowest BCUT2D eigenvalue weighted by atomic mass is 10.1. The predicted octanol–water partition coefficient (Wildman–Crippen LogP) is 5.72. The van der Waals surface area contributed by atoms with Crippen molar-refractivity contribution in [1.82, 2.24) is 4.90 Å². The molecule has 1 aliphatic heterocycles. The second-order valence-electron chi connectivity index (χ2n) is 8.28. The molecular weight excluding hydrogens is 418 g/mol. The van der Waals surface area contributed by atoms with Gasteiger partial charge in [0.25, 0.3) is 5.91 Å². The van der Waals surface area contributed by atoms with E-state index >= 15 is 0 Å². The highest BCUT2D eigenvalue weighted by atomic mass is 16.6. The largest absolute Gasteiger partial charge is 0.496 e. The predicted molar refractivity (Wildman–Crippen MR) is 126 cm³/mol. The summed E-state index contributed by atoms with van der Waals surface area (Å²) >= 11 is 0. The van der Waals surface area contributed by atoms with Crippen molar-refractivity contribution in [2.45, 2.75) is 39.1 Å². The number of ether oxygens (including phenoxy) is 4. The first-order valence-electron chi connectivity index (χ1n) is 11.0. The van der Waals surface area contributed by atoms with Crippen LogP contribution < -0.4 is 14.2 Å². The van der Waals surface area contributed by atoms with E-state index in [1.54, 1.807) is 25.9 Å². The van der Waals surface area contributed by atoms with Gasteiger partial charge in [-0.3, -0.25) is 4.79 Å². The zero-order valence-corrected chi connectivity index (χ0v) is 19.4. The van der Waals surface area contributed by atoms with Gasteiger partial charge in [-0.05, 0) is 62.7 Å². The zero-order valence-electron chi connectivity index (χ0n) is 19.4. The van der Waals surface area contributed by atoms with Gasteiger partial charge < -0.3 is 23.8 Å². The smallest absolute Gasteiger partial charge is 0.256 e. The Labute approximate surface area is 194 Å². The molecule has 0 N–H and O–H groups in total. The molecule has 3 aromatic carbocycles. The third-order valence-corrected chi connectivity index (χ3v) is 5.51. The summed E-state index contributed by atoms with van der Waals surface area (Å²) in [6.07, 6.45) is -0.634. The number of amides is 1. The molecule has 1 atom stereocenters. The van der Waals surface area contributed by atoms with Crippen molar-refractivity contribution in [3.63, 3.8) is 0 Å². The molecule has 1 aliphatic rings. The Morgan fingerprint density at radius 2 is 1.58 bits per heavy atom. The molecule has 4 rings (SSSR count). The Morgan fingerprint density at radius 3 is 2.24 bits per heavy atom. The van der Waals surface area contributed by atoms with E-state index in [2.05, 4.69) is 0 Å². The lowest BCUT2D eigenvalue weighted by Gasteiger charge is -2.26. The van der Waals surface area contributed by atoms with Crippen LogP contribution in [0.15, 0.2) is 72.8 Å². The fourth-order valence-electron chi connectivity index (χ4n) is 3.93. The van der Waals surface area contributed by atoms with Crippen LogP contribution >= 0.6 is 0 Å². The first-order valence-corrected chi connectivity index (χ1v) is 11.0. The van der Waals surface area contributed by atoms with Gasteiger partial charge in [0.1, 0.15) is 28.6 Å². The average molecular weight is 448 g/mol. The van der Waals surface area contributed by atoms with E-state index in [0.717, 1.165) is 17.1 Å². The van der Waals surface area contributed by atoms with Crippen LogP contribution in [0, 0.1) is 0 Å². The summed E-state index contributed by atoms with van der Waals surface area (Å²) < 4.78 is 23.6. The summed E-state index contributed by atoms with van der Waals surface area (Å²) in [7, 11) is 1.60. The first kappa shape index (κ1) is 22.7. The van der Waals surface area contributed by atoms with E-state index in [1.807, 2.05) is 79.7 Å². The number of para-hydroxylation sites is 1. The summed E-state index contributed by atoms with van der Waals surface area (Å²) in [6, 6.07) is 22.9. The van der Waals surface area contributed by atoms with E-state index in [0.29, 0.717) is 30.2 Å². The molecular formula is C27H29NO5. The molecule has 0 saturated carbocycles. The molecule has 0 spiro atoms. The SMILES string of the molecule is CCOc1cccc(OC)c1C1OC(C)(C)C(=O)N1Cc1ccc(Oc2ccccc2)cc1. The van der Waals surface area contributed by atoms with E-state index < -0.39 is 11.8 Å². The molecule has 172 valence electrons. The molecule has 0 radical (unpaired) electrons. The fourth-order valence-corrected chi connectivity index (χ4v) is 3.93. The summed E-state index contributed by atoms with van der Waals surface area (Å²) in [4.78, 5) is 15.0. The van der Waals surface area contributed by atoms with Gasteiger partial charge in [0.2, 0.25) is 0 Å². The van der Waals surface area contributed by atoms with Crippen molar-refractivity contribution in [3.05, 3.63) is 83.9 Å². The van der Waals surface area contributed by atoms with E-state index in [9.17, 15) is 4.79 Å². The van der Waals surface area contributed by atoms with Crippen LogP contribution in [-0.4, -0.2) is 30.1 Å². The van der Waals surface area contributed by atoms with Crippen molar-refractivity contribution in [2.24, 2.45) is 0 Å². The first-order chi connectivity index (χ1) is 15.9. The summed E-state index contributed by atoms with van der Waals surface area (Å²) in [5.41, 5.74) is 0.707. The van der Waals surface area contributed by atoms with Gasteiger partial charge in [-0.2, -0.15) is 0 Å². The maximum absolute atomic E-state index is 13.3. The Morgan fingerprint density at radius 1 is 0.909 bits per heavy atom. The number of carbonyl (C=O) groups excluding carboxylic acids is 1. The third-order valence-electron chi connectivity index (χ3n) is 5.51. The summed E-state index contributed by atoms with van der Waals surface area (Å²) in [6.45, 7) is 6.36. The molecule has 0 bridgehead atoms. The number of benzene rings is 3. The molecule has 1 fully saturated rings. The lowest BCUT2D eigenvalue weighted by molar-refractivity contribution is -0.134. The van der Waals surface area contributed by atoms with Crippen LogP contribution in [0.3, 0.4) is 0 Å². The average Bonchev–Trinajstić information content (AvgIpc) is 3.04. The van der Waals surface area contributed by atoms with Crippen molar-refractivity contribution >= 4 is 5.91 Å². The lowest BCUT2D eigenvalue weighted by Crippen LogP contribution is -2.35. The molecule has 3 aromatic rings. The monoisotopic (exact) mass is 447 g/mol. The van der Waals surface area contributed by atoms with Gasteiger partial charge in [-0.1, -0.05) is 36.4 Å². The molecule has 6 nitrogen and oxygen atoms in total. The minimum atomic E-state index is -0.967. The number of methoxy groups -OCH3 is 1. The van der Waals surface area contributed by atoms with Crippen LogP contribution in [-0.2, 0) is 16.1 Å². The van der Waals surface area contributed by atoms with Crippen molar-refractivity contribution < 1.29 is 23.7 Å². The summed E-state index contributed by atoms with van der Waals surface area (Å²) in [5, 5.41) is 0. The standard InChI is InChI=1S/C27H29NO5/c1-5-31-23-13-9-12-22(30-4)24(23)25-28(26(29)27(2,3)33-25)18-19-14-16-21(17-15-19)32-20-10-7-6-8-11-20/h6-17,25H,5,18H2,1-4H3. The van der Waals surface area contributed by atoms with E-state index in [1.165, 1.54) is 0 Å². The maximum atomic E-state index is 13.3. The van der Waals surface area contributed by atoms with Gasteiger partial charge >= 0.3 is 0 Å². The molecule has 0 aliphatic carbocycles. The highest BCUT2D eigenvalue weighted by Gasteiger charge is 2.48. The van der Waals surface area contributed by atoms with E-state index in [-0.39, 0.29) is 5.91 Å². The normalized spacial score (nSPS) is 17.2. The summed E-state index contributed by atoms with van der Waals surface area (Å²) in [5.74, 6) is 2.67. The van der Waals surface area contributed by atoms with Gasteiger partial charge in [0.05, 0.1) is 19.3 Å². The number of rotatable bonds is 8.